The van der Waals surface area contributed by atoms with Gasteiger partial charge in [-0.25, -0.2) is 0 Å². The number of hydrogen-bond acceptors (Lipinski definition) is 26. The molecule has 3 fully saturated rings. The molecule has 3 aliphatic heterocycles. The maximum absolute atomic E-state index is 13.4. The van der Waals surface area contributed by atoms with Crippen molar-refractivity contribution >= 4 is 47.3 Å². The predicted octanol–water partition coefficient (Wildman–Crippen LogP) is -4.77. The highest BCUT2D eigenvalue weighted by Gasteiger charge is 2.48. The van der Waals surface area contributed by atoms with Crippen molar-refractivity contribution in [1.29, 1.82) is 0 Å². The molecule has 0 aliphatic carbocycles. The predicted molar refractivity (Wildman–Crippen MR) is 327 cm³/mol. The molecule has 544 valence electrons. The van der Waals surface area contributed by atoms with Gasteiger partial charge in [0.1, 0.15) is 78.6 Å². The number of carboxylic acid groups (broad SMARTS) is 1. The summed E-state index contributed by atoms with van der Waals surface area (Å²) in [6.07, 6.45) is -8.31. The summed E-state index contributed by atoms with van der Waals surface area (Å²) in [5.74, 6) is -4.06. The van der Waals surface area contributed by atoms with Crippen LogP contribution in [0, 0.1) is 0 Å². The second kappa shape index (κ2) is 47.1. The number of carbonyl (C=O) groups is 8. The third kappa shape index (κ3) is 32.4. The Morgan fingerprint density at radius 1 is 0.372 bits per heavy atom. The summed E-state index contributed by atoms with van der Waals surface area (Å²) in [6.45, 7) is 2.42. The topological polar surface area (TPSA) is 506 Å². The quantitative estimate of drug-likeness (QED) is 0.0254. The lowest BCUT2D eigenvalue weighted by Crippen LogP contribution is -2.64. The Morgan fingerprint density at radius 2 is 0.670 bits per heavy atom. The number of carboxylic acids is 1. The van der Waals surface area contributed by atoms with E-state index in [1.165, 1.54) is 20.8 Å². The highest BCUT2D eigenvalue weighted by molar-refractivity contribution is 5.78. The second-order valence-electron chi connectivity index (χ2n) is 23.7. The summed E-state index contributed by atoms with van der Waals surface area (Å²) in [5.41, 5.74) is -1.46. The van der Waals surface area contributed by atoms with E-state index < -0.39 is 147 Å². The van der Waals surface area contributed by atoms with Gasteiger partial charge in [0, 0.05) is 92.3 Å². The Labute approximate surface area is 547 Å². The second-order valence-corrected chi connectivity index (χ2v) is 23.7. The van der Waals surface area contributed by atoms with Crippen LogP contribution in [0.3, 0.4) is 0 Å². The minimum atomic E-state index is -1.46. The molecule has 3 heterocycles. The number of nitrogens with one attached hydrogen (secondary N) is 7. The first-order valence-electron chi connectivity index (χ1n) is 32.6. The minimum Gasteiger partial charge on any atom is -0.481 e. The minimum absolute atomic E-state index is 0.00473. The molecule has 0 spiro atoms. The first kappa shape index (κ1) is 83.3. The summed E-state index contributed by atoms with van der Waals surface area (Å²) < 4.78 is 52.0. The summed E-state index contributed by atoms with van der Waals surface area (Å²) >= 11 is 0. The number of unbranched alkanes of at least 4 members (excludes halogenated alkanes) is 9. The molecule has 0 unspecified atom stereocenters. The Morgan fingerprint density at radius 3 is 0.947 bits per heavy atom. The van der Waals surface area contributed by atoms with Gasteiger partial charge in [0.05, 0.1) is 59.5 Å². The summed E-state index contributed by atoms with van der Waals surface area (Å²) in [6, 6.07) is -3.17. The van der Waals surface area contributed by atoms with Crippen LogP contribution in [0.4, 0.5) is 0 Å². The maximum atomic E-state index is 13.4. The molecule has 34 heteroatoms. The van der Waals surface area contributed by atoms with Gasteiger partial charge in [0.2, 0.25) is 41.4 Å². The molecule has 34 nitrogen and oxygen atoms in total. The molecule has 3 aliphatic rings. The number of aliphatic hydroxyl groups excluding tert-OH is 9. The van der Waals surface area contributed by atoms with Gasteiger partial charge in [-0.2, -0.15) is 0 Å². The highest BCUT2D eigenvalue weighted by atomic mass is 16.7. The fourth-order valence-corrected chi connectivity index (χ4v) is 10.4. The van der Waals surface area contributed by atoms with Crippen LogP contribution in [0.25, 0.3) is 0 Å². The molecule has 17 N–H and O–H groups in total. The smallest absolute Gasteiger partial charge is 0.303 e. The molecule has 0 aromatic carbocycles. The molecule has 3 saturated heterocycles. The first-order chi connectivity index (χ1) is 45.0. The van der Waals surface area contributed by atoms with Gasteiger partial charge in [0.15, 0.2) is 18.9 Å². The number of aliphatic carboxylic acids is 1. The van der Waals surface area contributed by atoms with Crippen LogP contribution in [0.2, 0.25) is 0 Å². The van der Waals surface area contributed by atoms with E-state index in [1.807, 2.05) is 0 Å². The fraction of sp³-hybridized carbons (Fsp3) is 0.867. The van der Waals surface area contributed by atoms with E-state index >= 15 is 0 Å². The standard InChI is InChI=1S/C60H107N7O27/c1-37(71)64-48-54(83)51(80)40(31-68)92-57(48)89-25-13-7-4-10-22-61-43(74)19-28-86-34-60(67-46(77)17-16-18-47(78)79,35-87-29-20-44(75)62-23-11-5-8-14-26-90-58-49(65-38(2)72)55(84)52(81)41(32-69)93-58)36-88-30-21-45(76)63-24-12-6-9-15-27-91-59-50(66-39(3)73)56(85)53(82)42(33-70)94-59/h40-42,48-59,68-70,80-85H,4-36H2,1-3H3,(H,61,74)(H,62,75)(H,63,76)(H,64,71)(H,65,72)(H,66,73)(H,67,77)(H,78,79)/t40-,41-,42-,48-,49-,50-,51+,52+,53+,54-,55-,56-,57-,58-,59-/m1/s1. The van der Waals surface area contributed by atoms with E-state index in [2.05, 4.69) is 37.2 Å². The maximum Gasteiger partial charge on any atom is 0.303 e. The Kier molecular flexibility index (Phi) is 41.7. The largest absolute Gasteiger partial charge is 0.481 e. The summed E-state index contributed by atoms with van der Waals surface area (Å²) in [4.78, 5) is 98.7. The van der Waals surface area contributed by atoms with E-state index in [0.29, 0.717) is 96.7 Å². The molecular weight excluding hydrogens is 1250 g/mol. The fourth-order valence-electron chi connectivity index (χ4n) is 10.4. The number of rotatable bonds is 50. The third-order valence-electron chi connectivity index (χ3n) is 15.5. The summed E-state index contributed by atoms with van der Waals surface area (Å²) in [5, 5.41) is 119. The van der Waals surface area contributed by atoms with Crippen molar-refractivity contribution in [3.63, 3.8) is 0 Å². The molecule has 7 amide bonds. The molecule has 94 heavy (non-hydrogen) atoms. The van der Waals surface area contributed by atoms with E-state index in [4.69, 9.17) is 42.6 Å². The Balaban J connectivity index is 1.51. The van der Waals surface area contributed by atoms with Crippen LogP contribution < -0.4 is 37.2 Å². The zero-order valence-corrected chi connectivity index (χ0v) is 54.4. The SMILES string of the molecule is CC(=O)N[C@H]1[C@H](OCCCCCCNC(=O)CCOCC(COCCC(=O)NCCCCCCO[C@@H]2O[C@H](CO)[C@H](O)[C@H](O)[C@H]2NC(C)=O)(COCCC(=O)NCCCCCCO[C@@H]2O[C@H](CO)[C@H](O)[C@H](O)[C@H]2NC(C)=O)NC(=O)CCCC(=O)O)O[C@H](CO)[C@H](O)[C@@H]1O. The molecule has 0 saturated carbocycles. The van der Waals surface area contributed by atoms with Gasteiger partial charge in [-0.05, 0) is 44.9 Å². The van der Waals surface area contributed by atoms with Crippen molar-refractivity contribution in [2.24, 2.45) is 0 Å². The Bertz CT molecular complexity index is 2010. The normalized spacial score (nSPS) is 26.2. The van der Waals surface area contributed by atoms with E-state index in [1.54, 1.807) is 0 Å². The molecule has 0 radical (unpaired) electrons. The van der Waals surface area contributed by atoms with Crippen molar-refractivity contribution in [2.75, 3.05) is 98.9 Å². The molecule has 0 aromatic heterocycles. The molecule has 0 bridgehead atoms. The first-order valence-corrected chi connectivity index (χ1v) is 32.6. The van der Waals surface area contributed by atoms with Crippen molar-refractivity contribution < 1.29 is 132 Å². The number of ether oxygens (including phenoxy) is 9. The zero-order chi connectivity index (χ0) is 69.4. The van der Waals surface area contributed by atoms with Gasteiger partial charge in [-0.1, -0.05) is 38.5 Å². The monoisotopic (exact) mass is 1360 g/mol. The van der Waals surface area contributed by atoms with Crippen molar-refractivity contribution in [2.45, 2.75) is 234 Å². The number of hydrogen-bond donors (Lipinski definition) is 17. The average Bonchev–Trinajstić information content (AvgIpc) is 0.833. The summed E-state index contributed by atoms with van der Waals surface area (Å²) in [7, 11) is 0. The number of amides is 7. The molecule has 15 atom stereocenters. The highest BCUT2D eigenvalue weighted by Crippen LogP contribution is 2.26. The van der Waals surface area contributed by atoms with E-state index in [9.17, 15) is 89.4 Å². The van der Waals surface area contributed by atoms with Crippen LogP contribution >= 0.6 is 0 Å². The van der Waals surface area contributed by atoms with Crippen LogP contribution in [-0.2, 0) is 81.0 Å². The average molecular weight is 1360 g/mol. The lowest BCUT2D eigenvalue weighted by atomic mass is 9.97. The van der Waals surface area contributed by atoms with Gasteiger partial charge in [-0.3, -0.25) is 38.4 Å². The van der Waals surface area contributed by atoms with Gasteiger partial charge >= 0.3 is 5.97 Å². The van der Waals surface area contributed by atoms with E-state index in [-0.39, 0.29) is 116 Å². The zero-order valence-electron chi connectivity index (χ0n) is 54.4. The van der Waals surface area contributed by atoms with Crippen molar-refractivity contribution in [3.8, 4) is 0 Å². The molecular formula is C60H107N7O27. The van der Waals surface area contributed by atoms with Crippen LogP contribution in [0.15, 0.2) is 0 Å². The lowest BCUT2D eigenvalue weighted by Gasteiger charge is -2.42. The Hall–Kier alpha value is -4.96. The van der Waals surface area contributed by atoms with Crippen LogP contribution in [0.5, 0.6) is 0 Å². The van der Waals surface area contributed by atoms with Gasteiger partial charge < -0.3 is 131 Å². The molecule has 3 rings (SSSR count). The lowest BCUT2D eigenvalue weighted by molar-refractivity contribution is -0.270. The van der Waals surface area contributed by atoms with E-state index in [0.717, 1.165) is 0 Å². The van der Waals surface area contributed by atoms with Crippen LogP contribution in [-0.4, -0.2) is 295 Å². The number of carbonyl (C=O) groups excluding carboxylic acids is 7. The third-order valence-corrected chi connectivity index (χ3v) is 15.5. The van der Waals surface area contributed by atoms with Crippen LogP contribution in [0.1, 0.15) is 136 Å². The van der Waals surface area contributed by atoms with Crippen molar-refractivity contribution in [3.05, 3.63) is 0 Å². The molecule has 0 aromatic rings. The van der Waals surface area contributed by atoms with Gasteiger partial charge in [-0.15, -0.1) is 0 Å². The number of aliphatic hydroxyl groups is 9. The van der Waals surface area contributed by atoms with Crippen molar-refractivity contribution in [1.82, 2.24) is 37.2 Å². The van der Waals surface area contributed by atoms with Gasteiger partial charge in [0.25, 0.3) is 0 Å².